The van der Waals surface area contributed by atoms with Crippen LogP contribution >= 0.6 is 0 Å². The summed E-state index contributed by atoms with van der Waals surface area (Å²) in [7, 11) is 0. The van der Waals surface area contributed by atoms with E-state index in [-0.39, 0.29) is 5.91 Å². The first kappa shape index (κ1) is 13.6. The Balaban J connectivity index is 2.09. The predicted molar refractivity (Wildman–Crippen MR) is 68.4 cm³/mol. The van der Waals surface area contributed by atoms with Gasteiger partial charge in [0.15, 0.2) is 0 Å². The van der Waals surface area contributed by atoms with E-state index >= 15 is 0 Å². The Morgan fingerprint density at radius 1 is 1.35 bits per heavy atom. The van der Waals surface area contributed by atoms with Crippen molar-refractivity contribution in [3.05, 3.63) is 30.1 Å². The van der Waals surface area contributed by atoms with Gasteiger partial charge in [-0.05, 0) is 30.2 Å². The fraction of sp³-hybridized carbons (Fsp3) is 0.538. The van der Waals surface area contributed by atoms with Crippen molar-refractivity contribution in [1.82, 2.24) is 15.6 Å². The van der Waals surface area contributed by atoms with Crippen molar-refractivity contribution in [2.45, 2.75) is 26.8 Å². The van der Waals surface area contributed by atoms with E-state index in [9.17, 15) is 4.79 Å². The van der Waals surface area contributed by atoms with Gasteiger partial charge in [-0.1, -0.05) is 13.8 Å². The molecule has 1 aromatic rings. The van der Waals surface area contributed by atoms with Gasteiger partial charge in [-0.2, -0.15) is 0 Å². The summed E-state index contributed by atoms with van der Waals surface area (Å²) in [5, 5.41) is 6.12. The molecule has 0 aromatic carbocycles. The molecule has 1 amide bonds. The third-order valence-electron chi connectivity index (χ3n) is 2.32. The molecule has 0 saturated heterocycles. The van der Waals surface area contributed by atoms with Crippen molar-refractivity contribution < 1.29 is 4.79 Å². The van der Waals surface area contributed by atoms with Gasteiger partial charge in [0.2, 0.25) is 5.91 Å². The van der Waals surface area contributed by atoms with Crippen LogP contribution in [-0.2, 0) is 11.3 Å². The second-order valence-electron chi connectivity index (χ2n) is 4.48. The summed E-state index contributed by atoms with van der Waals surface area (Å²) in [5.41, 5.74) is 1.07. The molecule has 4 heteroatoms. The van der Waals surface area contributed by atoms with Gasteiger partial charge in [0, 0.05) is 31.9 Å². The lowest BCUT2D eigenvalue weighted by Gasteiger charge is -2.08. The number of carbonyl (C=O) groups is 1. The SMILES string of the molecule is CC(C)CNCCC(=O)NCc1ccncc1. The molecule has 0 saturated carbocycles. The van der Waals surface area contributed by atoms with Crippen LogP contribution in [0.2, 0.25) is 0 Å². The number of pyridine rings is 1. The summed E-state index contributed by atoms with van der Waals surface area (Å²) in [6, 6.07) is 3.80. The van der Waals surface area contributed by atoms with Gasteiger partial charge < -0.3 is 10.6 Å². The standard InChI is InChI=1S/C13H21N3O/c1-11(2)9-15-8-5-13(17)16-10-12-3-6-14-7-4-12/h3-4,6-7,11,15H,5,8-10H2,1-2H3,(H,16,17). The van der Waals surface area contributed by atoms with E-state index in [1.165, 1.54) is 0 Å². The van der Waals surface area contributed by atoms with Crippen LogP contribution in [0.4, 0.5) is 0 Å². The minimum absolute atomic E-state index is 0.0815. The molecule has 0 aliphatic rings. The minimum atomic E-state index is 0.0815. The van der Waals surface area contributed by atoms with Gasteiger partial charge in [0.1, 0.15) is 0 Å². The molecule has 4 nitrogen and oxygen atoms in total. The monoisotopic (exact) mass is 235 g/mol. The van der Waals surface area contributed by atoms with E-state index in [1.54, 1.807) is 12.4 Å². The second kappa shape index (κ2) is 7.79. The van der Waals surface area contributed by atoms with E-state index in [0.717, 1.165) is 18.7 Å². The molecule has 0 fully saturated rings. The molecule has 94 valence electrons. The summed E-state index contributed by atoms with van der Waals surface area (Å²) in [6.45, 7) is 6.57. The normalized spacial score (nSPS) is 10.5. The summed E-state index contributed by atoms with van der Waals surface area (Å²) in [6.07, 6.45) is 3.98. The number of carbonyl (C=O) groups excluding carboxylic acids is 1. The number of nitrogens with one attached hydrogen (secondary N) is 2. The quantitative estimate of drug-likeness (QED) is 0.701. The molecule has 17 heavy (non-hydrogen) atoms. The number of aromatic nitrogens is 1. The largest absolute Gasteiger partial charge is 0.352 e. The smallest absolute Gasteiger partial charge is 0.221 e. The summed E-state index contributed by atoms with van der Waals surface area (Å²) >= 11 is 0. The Bertz CT molecular complexity index is 325. The molecule has 2 N–H and O–H groups in total. The van der Waals surface area contributed by atoms with E-state index in [4.69, 9.17) is 0 Å². The number of rotatable bonds is 7. The van der Waals surface area contributed by atoms with Gasteiger partial charge >= 0.3 is 0 Å². The van der Waals surface area contributed by atoms with Crippen LogP contribution in [0.3, 0.4) is 0 Å². The van der Waals surface area contributed by atoms with Crippen molar-refractivity contribution in [2.75, 3.05) is 13.1 Å². The summed E-state index contributed by atoms with van der Waals surface area (Å²) < 4.78 is 0. The number of amides is 1. The second-order valence-corrected chi connectivity index (χ2v) is 4.48. The van der Waals surface area contributed by atoms with Crippen LogP contribution < -0.4 is 10.6 Å². The Morgan fingerprint density at radius 2 is 2.06 bits per heavy atom. The Morgan fingerprint density at radius 3 is 2.71 bits per heavy atom. The van der Waals surface area contributed by atoms with Crippen LogP contribution in [0.15, 0.2) is 24.5 Å². The highest BCUT2D eigenvalue weighted by atomic mass is 16.1. The predicted octanol–water partition coefficient (Wildman–Crippen LogP) is 1.33. The van der Waals surface area contributed by atoms with Crippen LogP contribution in [0.1, 0.15) is 25.8 Å². The Kier molecular flexibility index (Phi) is 6.25. The zero-order valence-electron chi connectivity index (χ0n) is 10.6. The summed E-state index contributed by atoms with van der Waals surface area (Å²) in [5.74, 6) is 0.702. The first-order chi connectivity index (χ1) is 8.18. The number of hydrogen-bond acceptors (Lipinski definition) is 3. The lowest BCUT2D eigenvalue weighted by Crippen LogP contribution is -2.28. The van der Waals surface area contributed by atoms with Crippen LogP contribution in [0.25, 0.3) is 0 Å². The molecule has 0 radical (unpaired) electrons. The minimum Gasteiger partial charge on any atom is -0.352 e. The average molecular weight is 235 g/mol. The molecular formula is C13H21N3O. The molecule has 1 aromatic heterocycles. The number of nitrogens with zero attached hydrogens (tertiary/aromatic N) is 1. The van der Waals surface area contributed by atoms with Gasteiger partial charge in [0.05, 0.1) is 0 Å². The van der Waals surface area contributed by atoms with E-state index in [2.05, 4.69) is 29.5 Å². The van der Waals surface area contributed by atoms with E-state index in [1.807, 2.05) is 12.1 Å². The zero-order chi connectivity index (χ0) is 12.5. The van der Waals surface area contributed by atoms with Crippen molar-refractivity contribution in [3.8, 4) is 0 Å². The highest BCUT2D eigenvalue weighted by Crippen LogP contribution is 1.95. The van der Waals surface area contributed by atoms with Gasteiger partial charge in [0.25, 0.3) is 0 Å². The summed E-state index contributed by atoms with van der Waals surface area (Å²) in [4.78, 5) is 15.4. The zero-order valence-corrected chi connectivity index (χ0v) is 10.6. The van der Waals surface area contributed by atoms with Crippen molar-refractivity contribution in [3.63, 3.8) is 0 Å². The van der Waals surface area contributed by atoms with Gasteiger partial charge in [-0.3, -0.25) is 9.78 Å². The Hall–Kier alpha value is -1.42. The maximum Gasteiger partial charge on any atom is 0.221 e. The third-order valence-corrected chi connectivity index (χ3v) is 2.32. The van der Waals surface area contributed by atoms with Crippen molar-refractivity contribution >= 4 is 5.91 Å². The third kappa shape index (κ3) is 6.68. The van der Waals surface area contributed by atoms with Gasteiger partial charge in [-0.15, -0.1) is 0 Å². The highest BCUT2D eigenvalue weighted by molar-refractivity contribution is 5.76. The van der Waals surface area contributed by atoms with Crippen LogP contribution in [0, 0.1) is 5.92 Å². The first-order valence-electron chi connectivity index (χ1n) is 6.05. The number of hydrogen-bond donors (Lipinski definition) is 2. The van der Waals surface area contributed by atoms with Crippen molar-refractivity contribution in [2.24, 2.45) is 5.92 Å². The molecular weight excluding hydrogens is 214 g/mol. The highest BCUT2D eigenvalue weighted by Gasteiger charge is 2.01. The molecule has 0 spiro atoms. The molecule has 1 heterocycles. The lowest BCUT2D eigenvalue weighted by molar-refractivity contribution is -0.121. The molecule has 0 aliphatic carbocycles. The first-order valence-corrected chi connectivity index (χ1v) is 6.05. The molecule has 1 rings (SSSR count). The fourth-order valence-corrected chi connectivity index (χ4v) is 1.38. The van der Waals surface area contributed by atoms with E-state index < -0.39 is 0 Å². The topological polar surface area (TPSA) is 54.0 Å². The van der Waals surface area contributed by atoms with Gasteiger partial charge in [-0.25, -0.2) is 0 Å². The fourth-order valence-electron chi connectivity index (χ4n) is 1.38. The lowest BCUT2D eigenvalue weighted by atomic mass is 10.2. The maximum absolute atomic E-state index is 11.5. The maximum atomic E-state index is 11.5. The van der Waals surface area contributed by atoms with Crippen LogP contribution in [0.5, 0.6) is 0 Å². The van der Waals surface area contributed by atoms with Crippen LogP contribution in [-0.4, -0.2) is 24.0 Å². The molecule has 0 aliphatic heterocycles. The molecule has 0 atom stereocenters. The average Bonchev–Trinajstić information content (AvgIpc) is 2.33. The molecule has 0 bridgehead atoms. The molecule has 0 unspecified atom stereocenters. The Labute approximate surface area is 103 Å². The van der Waals surface area contributed by atoms with Crippen molar-refractivity contribution in [1.29, 1.82) is 0 Å². The van der Waals surface area contributed by atoms with E-state index in [0.29, 0.717) is 18.9 Å².